The summed E-state index contributed by atoms with van der Waals surface area (Å²) < 4.78 is 0. The Morgan fingerprint density at radius 3 is 0.133 bits per heavy atom. The van der Waals surface area contributed by atoms with Crippen molar-refractivity contribution in [2.45, 2.75) is 0 Å². The summed E-state index contributed by atoms with van der Waals surface area (Å²) in [5.74, 6) is 0. The molecule has 0 fully saturated rings. The Morgan fingerprint density at radius 1 is 0.133 bits per heavy atom. The topological polar surface area (TPSA) is 0 Å². The van der Waals surface area contributed by atoms with Crippen molar-refractivity contribution >= 4 is 340 Å². The van der Waals surface area contributed by atoms with Gasteiger partial charge in [0, 0.05) is 0 Å². The molecule has 0 nitrogen and oxygen atoms in total. The van der Waals surface area contributed by atoms with Crippen LogP contribution < -0.4 is 0 Å². The van der Waals surface area contributed by atoms with E-state index < -0.39 is 0 Å². The summed E-state index contributed by atoms with van der Waals surface area (Å²) >= 11 is 0. The van der Waals surface area contributed by atoms with Crippen LogP contribution in [0.2, 0.25) is 0 Å². The molecule has 0 atom stereocenters. The third-order valence-electron chi connectivity index (χ3n) is 0. The molecule has 0 aliphatic rings. The van der Waals surface area contributed by atoms with Crippen LogP contribution in [0.25, 0.3) is 0 Å². The van der Waals surface area contributed by atoms with Crippen molar-refractivity contribution in [3.05, 3.63) is 0 Å². The average molecular weight is 435 g/mol. The third-order valence-corrected chi connectivity index (χ3v) is 0. The van der Waals surface area contributed by atoms with Crippen molar-refractivity contribution in [1.29, 1.82) is 0 Å². The predicted molar refractivity (Wildman–Crippen MR) is 108 cm³/mol. The molecule has 0 aromatic rings. The second-order valence-electron chi connectivity index (χ2n) is 0. The zero-order valence-corrected chi connectivity index (χ0v) is 7.35. The molecule has 15 heavy (non-hydrogen) atoms. The van der Waals surface area contributed by atoms with E-state index in [0.717, 1.165) is 0 Å². The van der Waals surface area contributed by atoms with Gasteiger partial charge in [-0.2, -0.15) is 0 Å². The summed E-state index contributed by atoms with van der Waals surface area (Å²) in [5.41, 5.74) is 0. The Hall–Kier alpha value is 10.7. The van der Waals surface area contributed by atoms with Crippen LogP contribution in [0, 0.1) is 0 Å². The molecule has 0 aromatic heterocycles. The first-order valence-corrected chi connectivity index (χ1v) is 0. The molecular formula is H15Cl6Na9. The second kappa shape index (κ2) is 121. The minimum absolute atomic E-state index is 0. The summed E-state index contributed by atoms with van der Waals surface area (Å²) in [7, 11) is 0. The van der Waals surface area contributed by atoms with E-state index in [0.29, 0.717) is 0 Å². The Kier molecular flexibility index (Phi) is 1100. The molecule has 66 valence electrons. The summed E-state index contributed by atoms with van der Waals surface area (Å²) in [4.78, 5) is 0. The van der Waals surface area contributed by atoms with E-state index in [-0.39, 0.29) is 340 Å². The van der Waals surface area contributed by atoms with E-state index in [2.05, 4.69) is 0 Å². The fourth-order valence-electron chi connectivity index (χ4n) is 0. The van der Waals surface area contributed by atoms with E-state index in [4.69, 9.17) is 0 Å². The van der Waals surface area contributed by atoms with Gasteiger partial charge in [0.25, 0.3) is 0 Å². The Morgan fingerprint density at radius 2 is 0.133 bits per heavy atom. The molecule has 0 unspecified atom stereocenters. The number of hydrogen-bond acceptors (Lipinski definition) is 0. The maximum absolute atomic E-state index is 0. The first-order chi connectivity index (χ1) is 0. The molecule has 0 heterocycles. The third kappa shape index (κ3) is 111. The van der Waals surface area contributed by atoms with Gasteiger partial charge in [-0.3, -0.25) is 0 Å². The second-order valence-corrected chi connectivity index (χ2v) is 0. The summed E-state index contributed by atoms with van der Waals surface area (Å²) in [6, 6.07) is 0. The molecule has 0 saturated heterocycles. The molecule has 0 aliphatic heterocycles. The first kappa shape index (κ1) is 137. The van der Waals surface area contributed by atoms with Gasteiger partial charge in [0.1, 0.15) is 0 Å². The first-order valence-electron chi connectivity index (χ1n) is 0. The molecule has 0 aromatic carbocycles. The van der Waals surface area contributed by atoms with E-state index in [1.165, 1.54) is 0 Å². The van der Waals surface area contributed by atoms with E-state index >= 15 is 0 Å². The predicted octanol–water partition coefficient (Wildman–Crippen LogP) is -3.31. The zero-order chi connectivity index (χ0) is 0. The maximum atomic E-state index is 0. The van der Waals surface area contributed by atoms with Gasteiger partial charge >= 0.3 is 266 Å². The Labute approximate surface area is 330 Å². The van der Waals surface area contributed by atoms with Crippen LogP contribution in [0.1, 0.15) is 0 Å². The zero-order valence-electron chi connectivity index (χ0n) is 2.45. The van der Waals surface area contributed by atoms with Crippen molar-refractivity contribution < 1.29 is 0 Å². The average Bonchev–Trinajstić information content (AvgIpc) is 0. The normalized spacial score (nSPS) is 0. The summed E-state index contributed by atoms with van der Waals surface area (Å²) in [5, 5.41) is 0. The van der Waals surface area contributed by atoms with Crippen LogP contribution in [-0.2, 0) is 0 Å². The molecule has 0 radical (unpaired) electrons. The molecule has 0 N–H and O–H groups in total. The van der Waals surface area contributed by atoms with Gasteiger partial charge in [-0.15, -0.1) is 74.4 Å². The molecule has 0 spiro atoms. The molecule has 0 amide bonds. The number of halogens is 6. The van der Waals surface area contributed by atoms with Crippen molar-refractivity contribution in [1.82, 2.24) is 0 Å². The number of hydrogen-bond donors (Lipinski definition) is 0. The van der Waals surface area contributed by atoms with Gasteiger partial charge in [0.2, 0.25) is 0 Å². The van der Waals surface area contributed by atoms with Crippen molar-refractivity contribution in [3.8, 4) is 0 Å². The molecule has 0 aliphatic carbocycles. The SMILES string of the molecule is Cl.Cl.Cl.Cl.Cl.Cl.[NaH].[NaH].[NaH].[NaH].[NaH].[NaH].[NaH].[NaH].[NaH]. The van der Waals surface area contributed by atoms with Crippen LogP contribution in [0.4, 0.5) is 0 Å². The summed E-state index contributed by atoms with van der Waals surface area (Å²) in [6.45, 7) is 0. The van der Waals surface area contributed by atoms with Crippen LogP contribution in [0.15, 0.2) is 0 Å². The number of rotatable bonds is 0. The molecule has 0 saturated carbocycles. The van der Waals surface area contributed by atoms with E-state index in [1.54, 1.807) is 0 Å². The van der Waals surface area contributed by atoms with Crippen molar-refractivity contribution in [2.75, 3.05) is 0 Å². The Bertz CT molecular complexity index is 14.6. The van der Waals surface area contributed by atoms with Gasteiger partial charge in [0.15, 0.2) is 0 Å². The molecule has 0 rings (SSSR count). The van der Waals surface area contributed by atoms with Crippen molar-refractivity contribution in [2.24, 2.45) is 0 Å². The standard InChI is InChI=1S/6ClH.9Na.9H/h6*1H;;;;;;;;;;;;;;;;;;. The monoisotopic (exact) mass is 432 g/mol. The van der Waals surface area contributed by atoms with Crippen molar-refractivity contribution in [3.63, 3.8) is 0 Å². The van der Waals surface area contributed by atoms with Crippen LogP contribution >= 0.6 is 74.4 Å². The van der Waals surface area contributed by atoms with Gasteiger partial charge < -0.3 is 0 Å². The quantitative estimate of drug-likeness (QED) is 0.351. The fourth-order valence-corrected chi connectivity index (χ4v) is 0. The van der Waals surface area contributed by atoms with Gasteiger partial charge in [0.05, 0.1) is 0 Å². The summed E-state index contributed by atoms with van der Waals surface area (Å²) in [6.07, 6.45) is 0. The Balaban J connectivity index is 0. The van der Waals surface area contributed by atoms with Gasteiger partial charge in [-0.25, -0.2) is 0 Å². The van der Waals surface area contributed by atoms with Crippen LogP contribution in [0.5, 0.6) is 0 Å². The molecule has 0 bridgehead atoms. The van der Waals surface area contributed by atoms with E-state index in [9.17, 15) is 0 Å². The van der Waals surface area contributed by atoms with Crippen LogP contribution in [0.3, 0.4) is 0 Å². The van der Waals surface area contributed by atoms with Crippen LogP contribution in [-0.4, -0.2) is 266 Å². The molecule has 15 heteroatoms. The molecular weight excluding hydrogens is 420 g/mol. The van der Waals surface area contributed by atoms with E-state index in [1.807, 2.05) is 0 Å². The van der Waals surface area contributed by atoms with Gasteiger partial charge in [-0.05, 0) is 0 Å². The minimum atomic E-state index is 0. The van der Waals surface area contributed by atoms with Gasteiger partial charge in [-0.1, -0.05) is 0 Å². The fraction of sp³-hybridized carbons (Fsp3) is 0.